The molecule has 0 aliphatic carbocycles. The number of hydrogen-bond acceptors (Lipinski definition) is 3. The zero-order chi connectivity index (χ0) is 10.8. The summed E-state index contributed by atoms with van der Waals surface area (Å²) in [5, 5.41) is 0. The summed E-state index contributed by atoms with van der Waals surface area (Å²) in [6.45, 7) is 4.05. The van der Waals surface area contributed by atoms with Gasteiger partial charge in [0.25, 0.3) is 0 Å². The number of carbonyl (C=O) groups is 1. The fourth-order valence-corrected chi connectivity index (χ4v) is 1.27. The van der Waals surface area contributed by atoms with E-state index in [-0.39, 0.29) is 12.1 Å². The van der Waals surface area contributed by atoms with Crippen molar-refractivity contribution >= 4 is 18.6 Å². The quantitative estimate of drug-likeness (QED) is 0.385. The van der Waals surface area contributed by atoms with Crippen molar-refractivity contribution in [2.75, 3.05) is 5.75 Å². The molecule has 14 heavy (non-hydrogen) atoms. The molecule has 0 radical (unpaired) electrons. The Morgan fingerprint density at radius 3 is 2.50 bits per heavy atom. The summed E-state index contributed by atoms with van der Waals surface area (Å²) in [7, 11) is 0. The molecule has 0 fully saturated rings. The normalized spacial score (nSPS) is 12.5. The van der Waals surface area contributed by atoms with Crippen molar-refractivity contribution in [2.24, 2.45) is 0 Å². The lowest BCUT2D eigenvalue weighted by atomic mass is 10.1. The lowest BCUT2D eigenvalue weighted by Crippen LogP contribution is -2.15. The Morgan fingerprint density at radius 2 is 1.93 bits per heavy atom. The largest absolute Gasteiger partial charge is 0.462 e. The smallest absolute Gasteiger partial charge is 0.306 e. The van der Waals surface area contributed by atoms with E-state index in [1.54, 1.807) is 0 Å². The van der Waals surface area contributed by atoms with Crippen LogP contribution in [0.2, 0.25) is 0 Å². The van der Waals surface area contributed by atoms with E-state index in [1.165, 1.54) is 19.3 Å². The molecule has 1 atom stereocenters. The predicted octanol–water partition coefficient (Wildman–Crippen LogP) is 3.21. The van der Waals surface area contributed by atoms with Gasteiger partial charge in [0.1, 0.15) is 6.10 Å². The minimum atomic E-state index is -0.0805. The van der Waals surface area contributed by atoms with Crippen LogP contribution < -0.4 is 0 Å². The Balaban J connectivity index is 3.27. The molecule has 0 aromatic rings. The maximum atomic E-state index is 11.2. The molecule has 3 heteroatoms. The van der Waals surface area contributed by atoms with E-state index in [0.29, 0.717) is 12.2 Å². The van der Waals surface area contributed by atoms with Gasteiger partial charge in [0.2, 0.25) is 0 Å². The summed E-state index contributed by atoms with van der Waals surface area (Å²) >= 11 is 4.05. The average Bonchev–Trinajstić information content (AvgIpc) is 2.17. The third kappa shape index (κ3) is 8.42. The lowest BCUT2D eigenvalue weighted by Gasteiger charge is -2.09. The second-order valence-electron chi connectivity index (χ2n) is 3.65. The molecule has 2 nitrogen and oxygen atoms in total. The van der Waals surface area contributed by atoms with E-state index >= 15 is 0 Å². The van der Waals surface area contributed by atoms with Gasteiger partial charge in [0.15, 0.2) is 0 Å². The summed E-state index contributed by atoms with van der Waals surface area (Å²) in [6, 6.07) is 0. The van der Waals surface area contributed by atoms with E-state index in [2.05, 4.69) is 19.6 Å². The molecule has 0 bridgehead atoms. The molecule has 84 valence electrons. The number of esters is 1. The standard InChI is InChI=1S/C11H22O2S/c1-3-4-5-6-7-8-11(12)13-10(2)9-14/h10,14H,3-9H2,1-2H3. The highest BCUT2D eigenvalue weighted by Crippen LogP contribution is 2.06. The molecular formula is C11H22O2S. The molecule has 0 aliphatic heterocycles. The van der Waals surface area contributed by atoms with E-state index in [4.69, 9.17) is 4.74 Å². The topological polar surface area (TPSA) is 26.3 Å². The molecule has 0 saturated carbocycles. The van der Waals surface area contributed by atoms with Gasteiger partial charge in [-0.3, -0.25) is 4.79 Å². The first-order valence-corrected chi connectivity index (χ1v) is 6.14. The van der Waals surface area contributed by atoms with Gasteiger partial charge in [0.05, 0.1) is 0 Å². The number of unbranched alkanes of at least 4 members (excludes halogenated alkanes) is 4. The van der Waals surface area contributed by atoms with Crippen molar-refractivity contribution < 1.29 is 9.53 Å². The van der Waals surface area contributed by atoms with Crippen LogP contribution >= 0.6 is 12.6 Å². The summed E-state index contributed by atoms with van der Waals surface area (Å²) in [5.41, 5.74) is 0. The number of rotatable bonds is 8. The van der Waals surface area contributed by atoms with Crippen LogP contribution in [0.25, 0.3) is 0 Å². The molecule has 0 saturated heterocycles. The SMILES string of the molecule is CCCCCCCC(=O)OC(C)CS. The average molecular weight is 218 g/mol. The molecule has 0 N–H and O–H groups in total. The minimum Gasteiger partial charge on any atom is -0.462 e. The van der Waals surface area contributed by atoms with Crippen LogP contribution in [-0.2, 0) is 9.53 Å². The van der Waals surface area contributed by atoms with Crippen molar-refractivity contribution in [3.05, 3.63) is 0 Å². The van der Waals surface area contributed by atoms with Crippen LogP contribution in [-0.4, -0.2) is 17.8 Å². The van der Waals surface area contributed by atoms with E-state index in [1.807, 2.05) is 6.92 Å². The first kappa shape index (κ1) is 13.8. The number of ether oxygens (including phenoxy) is 1. The van der Waals surface area contributed by atoms with Crippen LogP contribution in [0.5, 0.6) is 0 Å². The van der Waals surface area contributed by atoms with Gasteiger partial charge < -0.3 is 4.74 Å². The molecule has 0 spiro atoms. The fourth-order valence-electron chi connectivity index (χ4n) is 1.19. The summed E-state index contributed by atoms with van der Waals surface area (Å²) in [5.74, 6) is 0.518. The molecule has 0 rings (SSSR count). The van der Waals surface area contributed by atoms with Crippen LogP contribution in [0.15, 0.2) is 0 Å². The van der Waals surface area contributed by atoms with Gasteiger partial charge >= 0.3 is 5.97 Å². The van der Waals surface area contributed by atoms with Gasteiger partial charge in [-0.25, -0.2) is 0 Å². The Labute approximate surface area is 92.8 Å². The van der Waals surface area contributed by atoms with Gasteiger partial charge in [-0.15, -0.1) is 0 Å². The monoisotopic (exact) mass is 218 g/mol. The second-order valence-corrected chi connectivity index (χ2v) is 4.01. The first-order valence-electron chi connectivity index (χ1n) is 5.51. The van der Waals surface area contributed by atoms with Crippen LogP contribution in [0.1, 0.15) is 52.4 Å². The summed E-state index contributed by atoms with van der Waals surface area (Å²) in [6.07, 6.45) is 6.33. The van der Waals surface area contributed by atoms with Crippen LogP contribution in [0.3, 0.4) is 0 Å². The third-order valence-corrected chi connectivity index (χ3v) is 2.59. The van der Waals surface area contributed by atoms with E-state index in [9.17, 15) is 4.79 Å². The molecule has 0 amide bonds. The maximum Gasteiger partial charge on any atom is 0.306 e. The maximum absolute atomic E-state index is 11.2. The molecule has 0 aromatic carbocycles. The predicted molar refractivity (Wildman–Crippen MR) is 62.8 cm³/mol. The lowest BCUT2D eigenvalue weighted by molar-refractivity contribution is -0.147. The zero-order valence-corrected chi connectivity index (χ0v) is 10.2. The summed E-state index contributed by atoms with van der Waals surface area (Å²) < 4.78 is 5.09. The van der Waals surface area contributed by atoms with Crippen molar-refractivity contribution in [1.82, 2.24) is 0 Å². The van der Waals surface area contributed by atoms with Gasteiger partial charge in [-0.05, 0) is 13.3 Å². The zero-order valence-electron chi connectivity index (χ0n) is 9.29. The van der Waals surface area contributed by atoms with Crippen molar-refractivity contribution in [1.29, 1.82) is 0 Å². The van der Waals surface area contributed by atoms with Gasteiger partial charge in [-0.1, -0.05) is 32.6 Å². The van der Waals surface area contributed by atoms with Crippen LogP contribution in [0, 0.1) is 0 Å². The first-order chi connectivity index (χ1) is 6.70. The van der Waals surface area contributed by atoms with Crippen molar-refractivity contribution in [2.45, 2.75) is 58.5 Å². The number of hydrogen-bond donors (Lipinski definition) is 1. The number of carbonyl (C=O) groups excluding carboxylic acids is 1. The van der Waals surface area contributed by atoms with Crippen molar-refractivity contribution in [3.8, 4) is 0 Å². The van der Waals surface area contributed by atoms with E-state index in [0.717, 1.165) is 12.8 Å². The van der Waals surface area contributed by atoms with E-state index < -0.39 is 0 Å². The Bertz CT molecular complexity index is 148. The second kappa shape index (κ2) is 9.38. The minimum absolute atomic E-state index is 0.0542. The van der Waals surface area contributed by atoms with Crippen LogP contribution in [0.4, 0.5) is 0 Å². The summed E-state index contributed by atoms with van der Waals surface area (Å²) in [4.78, 5) is 11.2. The molecular weight excluding hydrogens is 196 g/mol. The Hall–Kier alpha value is -0.180. The Morgan fingerprint density at radius 1 is 1.29 bits per heavy atom. The molecule has 0 aromatic heterocycles. The Kier molecular flexibility index (Phi) is 9.26. The number of thiol groups is 1. The molecule has 0 heterocycles. The van der Waals surface area contributed by atoms with Gasteiger partial charge in [-0.2, -0.15) is 12.6 Å². The fraction of sp³-hybridized carbons (Fsp3) is 0.909. The molecule has 0 aliphatic rings. The highest BCUT2D eigenvalue weighted by molar-refractivity contribution is 7.80. The van der Waals surface area contributed by atoms with Gasteiger partial charge in [0, 0.05) is 12.2 Å². The highest BCUT2D eigenvalue weighted by atomic mass is 32.1. The highest BCUT2D eigenvalue weighted by Gasteiger charge is 2.06. The third-order valence-electron chi connectivity index (χ3n) is 2.07. The van der Waals surface area contributed by atoms with Crippen molar-refractivity contribution in [3.63, 3.8) is 0 Å². The molecule has 1 unspecified atom stereocenters.